The number of nitrogens with one attached hydrogen (secondary N) is 1. The molecule has 0 aliphatic rings. The van der Waals surface area contributed by atoms with Crippen LogP contribution < -0.4 is 5.32 Å². The van der Waals surface area contributed by atoms with Crippen LogP contribution in [0.4, 0.5) is 0 Å². The molecule has 1 nitrogen and oxygen atoms in total. The first-order valence-electron chi connectivity index (χ1n) is 5.27. The van der Waals surface area contributed by atoms with E-state index in [4.69, 9.17) is 0 Å². The van der Waals surface area contributed by atoms with Gasteiger partial charge in [0, 0.05) is 6.04 Å². The van der Waals surface area contributed by atoms with E-state index in [0.717, 1.165) is 11.8 Å². The van der Waals surface area contributed by atoms with Crippen LogP contribution in [0.1, 0.15) is 47.5 Å². The van der Waals surface area contributed by atoms with Crippen LogP contribution in [0.5, 0.6) is 0 Å². The lowest BCUT2D eigenvalue weighted by Crippen LogP contribution is -2.31. The van der Waals surface area contributed by atoms with Crippen molar-refractivity contribution >= 4 is 0 Å². The van der Waals surface area contributed by atoms with E-state index in [1.807, 2.05) is 0 Å². The highest BCUT2D eigenvalue weighted by atomic mass is 14.9. The van der Waals surface area contributed by atoms with E-state index < -0.39 is 0 Å². The van der Waals surface area contributed by atoms with Gasteiger partial charge >= 0.3 is 0 Å². The van der Waals surface area contributed by atoms with Crippen molar-refractivity contribution in [3.8, 4) is 0 Å². The molecule has 0 spiro atoms. The zero-order valence-electron chi connectivity index (χ0n) is 9.35. The molecule has 0 saturated carbocycles. The third-order valence-electron chi connectivity index (χ3n) is 2.42. The summed E-state index contributed by atoms with van der Waals surface area (Å²) in [6.45, 7) is 12.5. The Hall–Kier alpha value is -0.0400. The van der Waals surface area contributed by atoms with E-state index in [0.29, 0.717) is 6.04 Å². The molecule has 0 rings (SSSR count). The molecule has 0 aliphatic carbocycles. The molecule has 0 heterocycles. The summed E-state index contributed by atoms with van der Waals surface area (Å²) < 4.78 is 0. The van der Waals surface area contributed by atoms with Gasteiger partial charge in [-0.3, -0.25) is 0 Å². The first kappa shape index (κ1) is 12.0. The third-order valence-corrected chi connectivity index (χ3v) is 2.42. The maximum atomic E-state index is 3.54. The Morgan fingerprint density at radius 1 is 1.00 bits per heavy atom. The lowest BCUT2D eigenvalue weighted by molar-refractivity contribution is 0.412. The van der Waals surface area contributed by atoms with E-state index in [9.17, 15) is 0 Å². The van der Waals surface area contributed by atoms with E-state index in [1.165, 1.54) is 19.4 Å². The second-order valence-corrected chi connectivity index (χ2v) is 4.52. The molecule has 1 N–H and O–H groups in total. The fourth-order valence-corrected chi connectivity index (χ4v) is 1.08. The predicted molar refractivity (Wildman–Crippen MR) is 56.4 cm³/mol. The molecule has 0 bridgehead atoms. The van der Waals surface area contributed by atoms with Gasteiger partial charge in [-0.2, -0.15) is 0 Å². The van der Waals surface area contributed by atoms with Gasteiger partial charge in [-0.1, -0.05) is 27.7 Å². The molecule has 0 aromatic rings. The van der Waals surface area contributed by atoms with Crippen molar-refractivity contribution in [3.05, 3.63) is 0 Å². The Morgan fingerprint density at radius 2 is 1.58 bits per heavy atom. The maximum absolute atomic E-state index is 3.54. The number of rotatable bonds is 6. The molecule has 0 fully saturated rings. The van der Waals surface area contributed by atoms with Gasteiger partial charge in [-0.15, -0.1) is 0 Å². The fraction of sp³-hybridized carbons (Fsp3) is 1.00. The quantitative estimate of drug-likeness (QED) is 0.606. The Balaban J connectivity index is 3.20. The first-order chi connectivity index (χ1) is 5.54. The van der Waals surface area contributed by atoms with Crippen molar-refractivity contribution in [1.29, 1.82) is 0 Å². The molecule has 12 heavy (non-hydrogen) atoms. The summed E-state index contributed by atoms with van der Waals surface area (Å²) in [5.41, 5.74) is 0. The Morgan fingerprint density at radius 3 is 2.00 bits per heavy atom. The lowest BCUT2D eigenvalue weighted by Gasteiger charge is -2.17. The predicted octanol–water partition coefficient (Wildman–Crippen LogP) is 3.06. The van der Waals surface area contributed by atoms with Gasteiger partial charge < -0.3 is 5.32 Å². The Bertz CT molecular complexity index is 97.2. The van der Waals surface area contributed by atoms with Crippen molar-refractivity contribution < 1.29 is 0 Å². The average molecular weight is 171 g/mol. The molecule has 0 aliphatic heterocycles. The monoisotopic (exact) mass is 171 g/mol. The van der Waals surface area contributed by atoms with Crippen LogP contribution in [0, 0.1) is 11.8 Å². The summed E-state index contributed by atoms with van der Waals surface area (Å²) in [7, 11) is 0. The van der Waals surface area contributed by atoms with Crippen LogP contribution in [-0.4, -0.2) is 12.6 Å². The molecule has 1 atom stereocenters. The van der Waals surface area contributed by atoms with Crippen molar-refractivity contribution in [2.45, 2.75) is 53.5 Å². The van der Waals surface area contributed by atoms with Crippen LogP contribution in [0.3, 0.4) is 0 Å². The standard InChI is InChI=1S/C11H25N/c1-9(2)7-6-8-12-11(5)10(3)4/h9-12H,6-8H2,1-5H3/t11-/m1/s1. The van der Waals surface area contributed by atoms with Gasteiger partial charge in [0.05, 0.1) is 0 Å². The van der Waals surface area contributed by atoms with E-state index in [1.54, 1.807) is 0 Å². The van der Waals surface area contributed by atoms with Crippen molar-refractivity contribution in [2.24, 2.45) is 11.8 Å². The molecule has 74 valence electrons. The summed E-state index contributed by atoms with van der Waals surface area (Å²) in [6.07, 6.45) is 2.66. The van der Waals surface area contributed by atoms with Gasteiger partial charge in [0.2, 0.25) is 0 Å². The first-order valence-corrected chi connectivity index (χ1v) is 5.27. The molecular weight excluding hydrogens is 146 g/mol. The molecule has 0 unspecified atom stereocenters. The number of hydrogen-bond acceptors (Lipinski definition) is 1. The summed E-state index contributed by atoms with van der Waals surface area (Å²) in [5.74, 6) is 1.60. The molecule has 0 amide bonds. The fourth-order valence-electron chi connectivity index (χ4n) is 1.08. The average Bonchev–Trinajstić information content (AvgIpc) is 1.97. The molecule has 1 heteroatoms. The second kappa shape index (κ2) is 6.47. The maximum Gasteiger partial charge on any atom is 0.00617 e. The molecule has 0 radical (unpaired) electrons. The molecular formula is C11H25N. The zero-order chi connectivity index (χ0) is 9.56. The smallest absolute Gasteiger partial charge is 0.00617 e. The number of hydrogen-bond donors (Lipinski definition) is 1. The topological polar surface area (TPSA) is 12.0 Å². The van der Waals surface area contributed by atoms with Gasteiger partial charge in [0.25, 0.3) is 0 Å². The Kier molecular flexibility index (Phi) is 6.45. The minimum atomic E-state index is 0.664. The molecule has 0 aromatic heterocycles. The van der Waals surface area contributed by atoms with E-state index >= 15 is 0 Å². The van der Waals surface area contributed by atoms with Crippen LogP contribution >= 0.6 is 0 Å². The zero-order valence-corrected chi connectivity index (χ0v) is 9.35. The van der Waals surface area contributed by atoms with Crippen molar-refractivity contribution in [1.82, 2.24) is 5.32 Å². The molecule has 0 aromatic carbocycles. The highest BCUT2D eigenvalue weighted by Gasteiger charge is 2.04. The SMILES string of the molecule is CC(C)CCCN[C@H](C)C(C)C. The minimum absolute atomic E-state index is 0.664. The highest BCUT2D eigenvalue weighted by molar-refractivity contribution is 4.64. The van der Waals surface area contributed by atoms with Gasteiger partial charge in [0.1, 0.15) is 0 Å². The van der Waals surface area contributed by atoms with Crippen LogP contribution in [0.2, 0.25) is 0 Å². The Labute approximate surface area is 77.9 Å². The van der Waals surface area contributed by atoms with Crippen LogP contribution in [0.15, 0.2) is 0 Å². The van der Waals surface area contributed by atoms with Gasteiger partial charge in [-0.05, 0) is 38.1 Å². The summed E-state index contributed by atoms with van der Waals surface area (Å²) in [4.78, 5) is 0. The largest absolute Gasteiger partial charge is 0.314 e. The van der Waals surface area contributed by atoms with Crippen molar-refractivity contribution in [3.63, 3.8) is 0 Å². The minimum Gasteiger partial charge on any atom is -0.314 e. The van der Waals surface area contributed by atoms with Crippen LogP contribution in [0.25, 0.3) is 0 Å². The van der Waals surface area contributed by atoms with E-state index in [-0.39, 0.29) is 0 Å². The summed E-state index contributed by atoms with van der Waals surface area (Å²) in [5, 5.41) is 3.54. The summed E-state index contributed by atoms with van der Waals surface area (Å²) in [6, 6.07) is 0.664. The second-order valence-electron chi connectivity index (χ2n) is 4.52. The van der Waals surface area contributed by atoms with Gasteiger partial charge in [0.15, 0.2) is 0 Å². The molecule has 0 saturated heterocycles. The lowest BCUT2D eigenvalue weighted by atomic mass is 10.1. The van der Waals surface area contributed by atoms with E-state index in [2.05, 4.69) is 39.9 Å². The third kappa shape index (κ3) is 6.66. The highest BCUT2D eigenvalue weighted by Crippen LogP contribution is 2.04. The summed E-state index contributed by atoms with van der Waals surface area (Å²) >= 11 is 0. The normalized spacial score (nSPS) is 14.2. The van der Waals surface area contributed by atoms with Gasteiger partial charge in [-0.25, -0.2) is 0 Å². The van der Waals surface area contributed by atoms with Crippen LogP contribution in [-0.2, 0) is 0 Å². The van der Waals surface area contributed by atoms with Crippen molar-refractivity contribution in [2.75, 3.05) is 6.54 Å².